The summed E-state index contributed by atoms with van der Waals surface area (Å²) in [7, 11) is 2.08. The molecule has 2 rings (SSSR count). The quantitative estimate of drug-likeness (QED) is 0.877. The van der Waals surface area contributed by atoms with Crippen molar-refractivity contribution in [3.63, 3.8) is 0 Å². The van der Waals surface area contributed by atoms with E-state index in [-0.39, 0.29) is 0 Å². The summed E-state index contributed by atoms with van der Waals surface area (Å²) in [4.78, 5) is 9.21. The minimum Gasteiger partial charge on any atom is -0.357 e. The third kappa shape index (κ3) is 3.67. The summed E-state index contributed by atoms with van der Waals surface area (Å²) in [5.41, 5.74) is 7.02. The van der Waals surface area contributed by atoms with Crippen LogP contribution in [0.25, 0.3) is 0 Å². The van der Waals surface area contributed by atoms with Gasteiger partial charge in [0, 0.05) is 32.4 Å². The molecule has 2 heterocycles. The van der Waals surface area contributed by atoms with Gasteiger partial charge >= 0.3 is 0 Å². The normalized spacial score (nSPS) is 20.2. The first-order valence-corrected chi connectivity index (χ1v) is 7.20. The molecule has 106 valence electrons. The van der Waals surface area contributed by atoms with Crippen LogP contribution in [0.1, 0.15) is 25.8 Å². The Morgan fingerprint density at radius 1 is 1.47 bits per heavy atom. The molecule has 0 bridgehead atoms. The Hall–Kier alpha value is -1.13. The molecule has 0 radical (unpaired) electrons. The molecule has 0 aromatic carbocycles. The molecule has 4 heteroatoms. The van der Waals surface area contributed by atoms with E-state index in [1.807, 2.05) is 6.20 Å². The molecule has 0 aliphatic carbocycles. The Kier molecular flexibility index (Phi) is 4.77. The van der Waals surface area contributed by atoms with Crippen molar-refractivity contribution in [1.82, 2.24) is 9.88 Å². The van der Waals surface area contributed by atoms with Gasteiger partial charge in [-0.15, -0.1) is 0 Å². The van der Waals surface area contributed by atoms with Crippen molar-refractivity contribution >= 4 is 5.82 Å². The molecule has 1 unspecified atom stereocenters. The van der Waals surface area contributed by atoms with Gasteiger partial charge in [0.25, 0.3) is 0 Å². The summed E-state index contributed by atoms with van der Waals surface area (Å²) in [5.74, 6) is 1.72. The highest BCUT2D eigenvalue weighted by molar-refractivity contribution is 5.39. The number of nitrogens with two attached hydrogens (primary N) is 1. The fourth-order valence-corrected chi connectivity index (χ4v) is 2.49. The molecule has 4 nitrogen and oxygen atoms in total. The van der Waals surface area contributed by atoms with E-state index < -0.39 is 0 Å². The van der Waals surface area contributed by atoms with Crippen molar-refractivity contribution in [2.24, 2.45) is 11.7 Å². The van der Waals surface area contributed by atoms with Crippen LogP contribution in [0.5, 0.6) is 0 Å². The van der Waals surface area contributed by atoms with E-state index in [1.54, 1.807) is 0 Å². The lowest BCUT2D eigenvalue weighted by Crippen LogP contribution is -2.26. The van der Waals surface area contributed by atoms with E-state index in [9.17, 15) is 0 Å². The number of rotatable bonds is 5. The Morgan fingerprint density at radius 3 is 2.79 bits per heavy atom. The first-order chi connectivity index (χ1) is 9.10. The first-order valence-electron chi connectivity index (χ1n) is 7.20. The first kappa shape index (κ1) is 14.3. The number of pyridine rings is 1. The summed E-state index contributed by atoms with van der Waals surface area (Å²) < 4.78 is 0. The maximum absolute atomic E-state index is 5.73. The average molecular weight is 262 g/mol. The lowest BCUT2D eigenvalue weighted by molar-refractivity contribution is 0.317. The second-order valence-electron chi connectivity index (χ2n) is 5.85. The highest BCUT2D eigenvalue weighted by Gasteiger charge is 2.21. The maximum atomic E-state index is 5.73. The summed E-state index contributed by atoms with van der Waals surface area (Å²) in [5, 5.41) is 0. The van der Waals surface area contributed by atoms with Crippen LogP contribution in [0.3, 0.4) is 0 Å². The van der Waals surface area contributed by atoms with Gasteiger partial charge < -0.3 is 10.6 Å². The van der Waals surface area contributed by atoms with Gasteiger partial charge in [-0.1, -0.05) is 6.07 Å². The third-order valence-electron chi connectivity index (χ3n) is 4.05. The van der Waals surface area contributed by atoms with Crippen molar-refractivity contribution in [1.29, 1.82) is 0 Å². The minimum atomic E-state index is 0.474. The second kappa shape index (κ2) is 6.35. The predicted octanol–water partition coefficient (Wildman–Crippen LogP) is 1.71. The molecule has 19 heavy (non-hydrogen) atoms. The number of aromatic nitrogens is 1. The van der Waals surface area contributed by atoms with Gasteiger partial charge in [-0.3, -0.25) is 4.90 Å². The fraction of sp³-hybridized carbons (Fsp3) is 0.667. The topological polar surface area (TPSA) is 45.4 Å². The van der Waals surface area contributed by atoms with Crippen molar-refractivity contribution in [3.05, 3.63) is 23.9 Å². The molecule has 0 amide bonds. The molecule has 1 fully saturated rings. The minimum absolute atomic E-state index is 0.474. The molecule has 1 aromatic heterocycles. The van der Waals surface area contributed by atoms with Gasteiger partial charge in [0.2, 0.25) is 0 Å². The van der Waals surface area contributed by atoms with Gasteiger partial charge in [0.05, 0.1) is 0 Å². The van der Waals surface area contributed by atoms with Crippen LogP contribution in [0.2, 0.25) is 0 Å². The fourth-order valence-electron chi connectivity index (χ4n) is 2.49. The molecular weight excluding hydrogens is 236 g/mol. The number of nitrogens with zero attached hydrogens (tertiary/aromatic N) is 3. The van der Waals surface area contributed by atoms with Gasteiger partial charge in [-0.2, -0.15) is 0 Å². The zero-order valence-corrected chi connectivity index (χ0v) is 12.3. The summed E-state index contributed by atoms with van der Waals surface area (Å²) >= 11 is 0. The van der Waals surface area contributed by atoms with Crippen LogP contribution < -0.4 is 10.6 Å². The summed E-state index contributed by atoms with van der Waals surface area (Å²) in [6.45, 7) is 8.45. The number of anilines is 1. The van der Waals surface area contributed by atoms with Crippen LogP contribution in [0.4, 0.5) is 5.82 Å². The summed E-state index contributed by atoms with van der Waals surface area (Å²) in [6.07, 6.45) is 3.24. The molecule has 1 aliphatic rings. The molecule has 0 saturated carbocycles. The maximum Gasteiger partial charge on any atom is 0.128 e. The molecule has 1 aromatic rings. The van der Waals surface area contributed by atoms with Crippen molar-refractivity contribution in [2.45, 2.75) is 32.9 Å². The van der Waals surface area contributed by atoms with Crippen LogP contribution in [0, 0.1) is 5.92 Å². The van der Waals surface area contributed by atoms with E-state index in [4.69, 9.17) is 5.73 Å². The van der Waals surface area contributed by atoms with Crippen molar-refractivity contribution < 1.29 is 0 Å². The highest BCUT2D eigenvalue weighted by atomic mass is 15.2. The zero-order chi connectivity index (χ0) is 13.8. The highest BCUT2D eigenvalue weighted by Crippen LogP contribution is 2.18. The standard InChI is InChI=1S/C15H26N4/c1-12(2)18(3)15-5-4-14(9-17-15)11-19-7-6-13(8-16)10-19/h4-5,9,12-13H,6-8,10-11,16H2,1-3H3. The molecule has 1 aliphatic heterocycles. The van der Waals surface area contributed by atoms with E-state index >= 15 is 0 Å². The molecule has 1 saturated heterocycles. The molecule has 0 spiro atoms. The largest absolute Gasteiger partial charge is 0.357 e. The van der Waals surface area contributed by atoms with Crippen LogP contribution in [-0.2, 0) is 6.54 Å². The van der Waals surface area contributed by atoms with Crippen molar-refractivity contribution in [3.8, 4) is 0 Å². The van der Waals surface area contributed by atoms with Crippen LogP contribution in [0.15, 0.2) is 18.3 Å². The van der Waals surface area contributed by atoms with Crippen LogP contribution >= 0.6 is 0 Å². The van der Waals surface area contributed by atoms with Gasteiger partial charge in [0.1, 0.15) is 5.82 Å². The number of hydrogen-bond donors (Lipinski definition) is 1. The Labute approximate surface area is 116 Å². The van der Waals surface area contributed by atoms with E-state index in [0.29, 0.717) is 12.0 Å². The Bertz CT molecular complexity index is 388. The van der Waals surface area contributed by atoms with Crippen LogP contribution in [-0.4, -0.2) is 42.6 Å². The molecule has 1 atom stereocenters. The number of hydrogen-bond acceptors (Lipinski definition) is 4. The van der Waals surface area contributed by atoms with Gasteiger partial charge in [0.15, 0.2) is 0 Å². The average Bonchev–Trinajstić information content (AvgIpc) is 2.86. The van der Waals surface area contributed by atoms with Crippen molar-refractivity contribution in [2.75, 3.05) is 31.6 Å². The monoisotopic (exact) mass is 262 g/mol. The lowest BCUT2D eigenvalue weighted by Gasteiger charge is -2.23. The molecule has 2 N–H and O–H groups in total. The SMILES string of the molecule is CC(C)N(C)c1ccc(CN2CCC(CN)C2)cn1. The Morgan fingerprint density at radius 2 is 2.26 bits per heavy atom. The zero-order valence-electron chi connectivity index (χ0n) is 12.3. The second-order valence-corrected chi connectivity index (χ2v) is 5.85. The smallest absolute Gasteiger partial charge is 0.128 e. The van der Waals surface area contributed by atoms with Gasteiger partial charge in [-0.05, 0) is 50.9 Å². The van der Waals surface area contributed by atoms with E-state index in [2.05, 4.69) is 47.8 Å². The number of likely N-dealkylation sites (tertiary alicyclic amines) is 1. The Balaban J connectivity index is 1.92. The predicted molar refractivity (Wildman–Crippen MR) is 80.2 cm³/mol. The molecular formula is C15H26N4. The van der Waals surface area contributed by atoms with E-state index in [0.717, 1.165) is 32.0 Å². The van der Waals surface area contributed by atoms with E-state index in [1.165, 1.54) is 12.0 Å². The lowest BCUT2D eigenvalue weighted by atomic mass is 10.1. The summed E-state index contributed by atoms with van der Waals surface area (Å²) in [6, 6.07) is 4.78. The third-order valence-corrected chi connectivity index (χ3v) is 4.05. The van der Waals surface area contributed by atoms with Gasteiger partial charge in [-0.25, -0.2) is 4.98 Å².